The first-order valence-electron chi connectivity index (χ1n) is 5.83. The van der Waals surface area contributed by atoms with Gasteiger partial charge in [0.2, 0.25) is 0 Å². The summed E-state index contributed by atoms with van der Waals surface area (Å²) in [5, 5.41) is 0. The lowest BCUT2D eigenvalue weighted by atomic mass is 9.84. The Morgan fingerprint density at radius 2 is 1.29 bits per heavy atom. The predicted molar refractivity (Wildman–Crippen MR) is 65.3 cm³/mol. The van der Waals surface area contributed by atoms with Crippen LogP contribution in [0.3, 0.4) is 0 Å². The van der Waals surface area contributed by atoms with Gasteiger partial charge in [-0.3, -0.25) is 0 Å². The van der Waals surface area contributed by atoms with Gasteiger partial charge in [-0.2, -0.15) is 0 Å². The predicted octanol–water partition coefficient (Wildman–Crippen LogP) is 3.28. The number of rotatable bonds is 2. The topological polar surface area (TPSA) is 18.5 Å². The summed E-state index contributed by atoms with van der Waals surface area (Å²) >= 11 is 0. The van der Waals surface area contributed by atoms with E-state index in [1.165, 1.54) is 0 Å². The quantitative estimate of drug-likeness (QED) is 0.732. The maximum absolute atomic E-state index is 5.61. The highest BCUT2D eigenvalue weighted by atomic mass is 17.2. The van der Waals surface area contributed by atoms with Gasteiger partial charge in [-0.25, -0.2) is 9.78 Å². The van der Waals surface area contributed by atoms with E-state index in [0.717, 1.165) is 17.5 Å². The minimum absolute atomic E-state index is 0.442. The molecule has 3 rings (SSSR count). The van der Waals surface area contributed by atoms with E-state index in [1.54, 1.807) is 0 Å². The fraction of sp³-hybridized carbons (Fsp3) is 0.200. The van der Waals surface area contributed by atoms with Gasteiger partial charge in [0.15, 0.2) is 5.60 Å². The minimum Gasteiger partial charge on any atom is -0.235 e. The third kappa shape index (κ3) is 1.75. The van der Waals surface area contributed by atoms with E-state index >= 15 is 0 Å². The Balaban J connectivity index is 2.11. The first-order valence-corrected chi connectivity index (χ1v) is 5.83. The molecule has 1 saturated heterocycles. The average Bonchev–Trinajstić information content (AvgIpc) is 2.91. The zero-order chi connectivity index (χ0) is 11.6. The van der Waals surface area contributed by atoms with Gasteiger partial charge in [0, 0.05) is 6.42 Å². The minimum atomic E-state index is -0.442. The molecule has 1 aliphatic heterocycles. The summed E-state index contributed by atoms with van der Waals surface area (Å²) in [5.74, 6) is 0. The van der Waals surface area contributed by atoms with Crippen LogP contribution in [-0.2, 0) is 15.4 Å². The second kappa shape index (κ2) is 4.32. The molecule has 0 radical (unpaired) electrons. The van der Waals surface area contributed by atoms with Crippen molar-refractivity contribution in [2.45, 2.75) is 12.0 Å². The van der Waals surface area contributed by atoms with Crippen LogP contribution in [0.15, 0.2) is 60.7 Å². The average molecular weight is 226 g/mol. The summed E-state index contributed by atoms with van der Waals surface area (Å²) in [4.78, 5) is 10.8. The molecular weight excluding hydrogens is 212 g/mol. The van der Waals surface area contributed by atoms with Crippen LogP contribution in [-0.4, -0.2) is 6.61 Å². The molecule has 2 heteroatoms. The van der Waals surface area contributed by atoms with E-state index in [-0.39, 0.29) is 0 Å². The lowest BCUT2D eigenvalue weighted by Gasteiger charge is -2.26. The van der Waals surface area contributed by atoms with Crippen LogP contribution < -0.4 is 0 Å². The molecule has 0 aliphatic carbocycles. The van der Waals surface area contributed by atoms with Gasteiger partial charge in [0.05, 0.1) is 6.61 Å². The Labute approximate surface area is 101 Å². The lowest BCUT2D eigenvalue weighted by Crippen LogP contribution is -2.26. The molecule has 0 saturated carbocycles. The molecule has 0 amide bonds. The largest absolute Gasteiger partial charge is 0.235 e. The van der Waals surface area contributed by atoms with Crippen molar-refractivity contribution in [3.63, 3.8) is 0 Å². The second-order valence-electron chi connectivity index (χ2n) is 4.21. The fourth-order valence-corrected chi connectivity index (χ4v) is 2.34. The van der Waals surface area contributed by atoms with Crippen LogP contribution in [0, 0.1) is 0 Å². The second-order valence-corrected chi connectivity index (χ2v) is 4.21. The molecule has 2 aromatic carbocycles. The molecule has 1 fully saturated rings. The Hall–Kier alpha value is -1.64. The van der Waals surface area contributed by atoms with E-state index in [0.29, 0.717) is 6.61 Å². The summed E-state index contributed by atoms with van der Waals surface area (Å²) in [6, 6.07) is 20.5. The van der Waals surface area contributed by atoms with Gasteiger partial charge in [0.25, 0.3) is 0 Å². The summed E-state index contributed by atoms with van der Waals surface area (Å²) in [6.45, 7) is 0.629. The van der Waals surface area contributed by atoms with Gasteiger partial charge in [-0.15, -0.1) is 0 Å². The molecule has 1 heterocycles. The number of hydrogen-bond acceptors (Lipinski definition) is 2. The van der Waals surface area contributed by atoms with Crippen LogP contribution in [0.25, 0.3) is 0 Å². The highest BCUT2D eigenvalue weighted by molar-refractivity contribution is 5.36. The zero-order valence-electron chi connectivity index (χ0n) is 9.50. The molecular formula is C15H14O2. The summed E-state index contributed by atoms with van der Waals surface area (Å²) in [5.41, 5.74) is 1.84. The summed E-state index contributed by atoms with van der Waals surface area (Å²) in [6.07, 6.45) is 0.848. The first kappa shape index (κ1) is 10.5. The molecule has 0 aromatic heterocycles. The molecule has 0 spiro atoms. The van der Waals surface area contributed by atoms with Gasteiger partial charge >= 0.3 is 0 Å². The normalized spacial score (nSPS) is 18.1. The molecule has 2 nitrogen and oxygen atoms in total. The smallest absolute Gasteiger partial charge is 0.156 e. The van der Waals surface area contributed by atoms with Crippen LogP contribution in [0.4, 0.5) is 0 Å². The Bertz CT molecular complexity index is 431. The maximum atomic E-state index is 5.61. The van der Waals surface area contributed by atoms with Gasteiger partial charge < -0.3 is 0 Å². The van der Waals surface area contributed by atoms with Crippen molar-refractivity contribution < 1.29 is 9.78 Å². The monoisotopic (exact) mass is 226 g/mol. The van der Waals surface area contributed by atoms with Crippen molar-refractivity contribution in [2.75, 3.05) is 6.61 Å². The van der Waals surface area contributed by atoms with Crippen molar-refractivity contribution in [1.29, 1.82) is 0 Å². The molecule has 0 bridgehead atoms. The van der Waals surface area contributed by atoms with Crippen molar-refractivity contribution in [1.82, 2.24) is 0 Å². The van der Waals surface area contributed by atoms with Gasteiger partial charge in [-0.1, -0.05) is 60.7 Å². The molecule has 0 atom stereocenters. The van der Waals surface area contributed by atoms with Crippen molar-refractivity contribution in [3.8, 4) is 0 Å². The lowest BCUT2D eigenvalue weighted by molar-refractivity contribution is -0.302. The van der Waals surface area contributed by atoms with Gasteiger partial charge in [0.1, 0.15) is 0 Å². The van der Waals surface area contributed by atoms with Crippen LogP contribution >= 0.6 is 0 Å². The van der Waals surface area contributed by atoms with E-state index < -0.39 is 5.60 Å². The molecule has 2 aromatic rings. The van der Waals surface area contributed by atoms with Crippen molar-refractivity contribution in [3.05, 3.63) is 71.8 Å². The van der Waals surface area contributed by atoms with E-state index in [9.17, 15) is 0 Å². The van der Waals surface area contributed by atoms with Crippen molar-refractivity contribution >= 4 is 0 Å². The third-order valence-corrected chi connectivity index (χ3v) is 3.22. The standard InChI is InChI=1S/C15H14O2/c1-3-7-13(8-4-1)15(11-12-16-17-15)14-9-5-2-6-10-14/h1-10H,11-12H2. The number of hydrogen-bond donors (Lipinski definition) is 0. The fourth-order valence-electron chi connectivity index (χ4n) is 2.34. The molecule has 0 N–H and O–H groups in total. The highest BCUT2D eigenvalue weighted by Gasteiger charge is 2.40. The SMILES string of the molecule is c1ccc(C2(c3ccccc3)CCOO2)cc1. The molecule has 86 valence electrons. The van der Waals surface area contributed by atoms with Crippen LogP contribution in [0.1, 0.15) is 17.5 Å². The number of benzene rings is 2. The summed E-state index contributed by atoms with van der Waals surface area (Å²) in [7, 11) is 0. The highest BCUT2D eigenvalue weighted by Crippen LogP contribution is 2.40. The van der Waals surface area contributed by atoms with Gasteiger partial charge in [-0.05, 0) is 11.1 Å². The first-order chi connectivity index (χ1) is 8.42. The van der Waals surface area contributed by atoms with E-state index in [1.807, 2.05) is 36.4 Å². The zero-order valence-corrected chi connectivity index (χ0v) is 9.50. The third-order valence-electron chi connectivity index (χ3n) is 3.22. The summed E-state index contributed by atoms with van der Waals surface area (Å²) < 4.78 is 0. The Morgan fingerprint density at radius 3 is 1.71 bits per heavy atom. The molecule has 17 heavy (non-hydrogen) atoms. The Kier molecular flexibility index (Phi) is 2.67. The Morgan fingerprint density at radius 1 is 0.765 bits per heavy atom. The molecule has 0 unspecified atom stereocenters. The van der Waals surface area contributed by atoms with Crippen molar-refractivity contribution in [2.24, 2.45) is 0 Å². The van der Waals surface area contributed by atoms with Crippen LogP contribution in [0.5, 0.6) is 0 Å². The van der Waals surface area contributed by atoms with Crippen LogP contribution in [0.2, 0.25) is 0 Å². The van der Waals surface area contributed by atoms with E-state index in [2.05, 4.69) is 24.3 Å². The maximum Gasteiger partial charge on any atom is 0.156 e. The van der Waals surface area contributed by atoms with E-state index in [4.69, 9.17) is 9.78 Å². The molecule has 1 aliphatic rings.